The standard InChI is InChI=1S/C6H5N3O/c10-9-6-4-2-1-3-5(6)7-8-9/h1-4,10H/q+1. The number of nitrogens with zero attached hydrogens (tertiary/aromatic N) is 3. The summed E-state index contributed by atoms with van der Waals surface area (Å²) in [6.45, 7) is 0. The van der Waals surface area contributed by atoms with Crippen LogP contribution in [0.3, 0.4) is 0 Å². The molecule has 0 aliphatic carbocycles. The molecule has 0 amide bonds. The van der Waals surface area contributed by atoms with Crippen molar-refractivity contribution in [1.82, 2.24) is 5.22 Å². The third-order valence-electron chi connectivity index (χ3n) is 1.33. The minimum absolute atomic E-state index is 0.627. The molecule has 1 N–H and O–H groups in total. The van der Waals surface area contributed by atoms with Crippen molar-refractivity contribution in [1.29, 1.82) is 0 Å². The predicted molar refractivity (Wildman–Crippen MR) is 34.9 cm³/mol. The summed E-state index contributed by atoms with van der Waals surface area (Å²) in [4.78, 5) is 0. The van der Waals surface area contributed by atoms with Crippen molar-refractivity contribution in [3.8, 4) is 0 Å². The highest BCUT2D eigenvalue weighted by Gasteiger charge is 2.25. The minimum atomic E-state index is 0.627. The average Bonchev–Trinajstić information content (AvgIpc) is 2.34. The SMILES string of the molecule is ON1[N+]=Nc2ccccc21. The van der Waals surface area contributed by atoms with Gasteiger partial charge in [-0.15, -0.1) is 0 Å². The van der Waals surface area contributed by atoms with Gasteiger partial charge in [-0.1, -0.05) is 12.1 Å². The van der Waals surface area contributed by atoms with Gasteiger partial charge in [-0.2, -0.15) is 0 Å². The molecule has 49 valence electrons. The van der Waals surface area contributed by atoms with Gasteiger partial charge in [0.25, 0.3) is 0 Å². The molecule has 0 spiro atoms. The molecular weight excluding hydrogens is 130 g/mol. The molecule has 1 radical (unpaired) electrons. The molecule has 0 aromatic heterocycles. The fourth-order valence-electron chi connectivity index (χ4n) is 0.857. The lowest BCUT2D eigenvalue weighted by atomic mass is 10.3. The van der Waals surface area contributed by atoms with Gasteiger partial charge in [0, 0.05) is 0 Å². The molecule has 0 saturated heterocycles. The topological polar surface area (TPSA) is 49.9 Å². The highest BCUT2D eigenvalue weighted by molar-refractivity contribution is 5.65. The molecule has 0 saturated carbocycles. The molecule has 1 aromatic carbocycles. The molecular formula is C6H5N3O+. The van der Waals surface area contributed by atoms with Crippen LogP contribution in [0.25, 0.3) is 0 Å². The second kappa shape index (κ2) is 1.78. The van der Waals surface area contributed by atoms with Gasteiger partial charge in [0.1, 0.15) is 5.11 Å². The first-order valence-electron chi connectivity index (χ1n) is 2.87. The Balaban J connectivity index is 2.59. The zero-order chi connectivity index (χ0) is 6.97. The molecule has 1 aliphatic rings. The van der Waals surface area contributed by atoms with Crippen LogP contribution in [0.1, 0.15) is 0 Å². The summed E-state index contributed by atoms with van der Waals surface area (Å²) in [5.41, 5.74) is 1.33. The van der Waals surface area contributed by atoms with E-state index in [1.54, 1.807) is 12.1 Å². The Labute approximate surface area is 57.4 Å². The molecule has 4 nitrogen and oxygen atoms in total. The number of fused-ring (bicyclic) bond motifs is 1. The van der Waals surface area contributed by atoms with E-state index in [2.05, 4.69) is 10.3 Å². The number of benzene rings is 1. The van der Waals surface area contributed by atoms with Gasteiger partial charge in [0.15, 0.2) is 11.4 Å². The summed E-state index contributed by atoms with van der Waals surface area (Å²) in [6, 6.07) is 7.19. The van der Waals surface area contributed by atoms with Crippen molar-refractivity contribution in [2.75, 3.05) is 5.17 Å². The van der Waals surface area contributed by atoms with Gasteiger partial charge in [-0.25, -0.2) is 5.21 Å². The van der Waals surface area contributed by atoms with E-state index in [1.165, 1.54) is 0 Å². The van der Waals surface area contributed by atoms with Crippen molar-refractivity contribution in [2.24, 2.45) is 5.11 Å². The van der Waals surface area contributed by atoms with Crippen molar-refractivity contribution >= 4 is 11.4 Å². The largest absolute Gasteiger partial charge is 0.362 e. The summed E-state index contributed by atoms with van der Waals surface area (Å²) in [7, 11) is 0. The van der Waals surface area contributed by atoms with Crippen molar-refractivity contribution in [3.63, 3.8) is 0 Å². The molecule has 0 unspecified atom stereocenters. The zero-order valence-corrected chi connectivity index (χ0v) is 5.10. The van der Waals surface area contributed by atoms with Crippen LogP contribution in [0.2, 0.25) is 0 Å². The Bertz CT molecular complexity index is 284. The first-order chi connectivity index (χ1) is 4.88. The Morgan fingerprint density at radius 1 is 1.40 bits per heavy atom. The van der Waals surface area contributed by atoms with Crippen LogP contribution < -0.4 is 10.4 Å². The molecule has 1 aliphatic heterocycles. The van der Waals surface area contributed by atoms with Crippen molar-refractivity contribution < 1.29 is 5.21 Å². The Hall–Kier alpha value is -1.42. The summed E-state index contributed by atoms with van der Waals surface area (Å²) in [6.07, 6.45) is 0. The van der Waals surface area contributed by atoms with Crippen LogP contribution in [0.15, 0.2) is 29.4 Å². The lowest BCUT2D eigenvalue weighted by Crippen LogP contribution is -2.14. The predicted octanol–water partition coefficient (Wildman–Crippen LogP) is 1.23. The van der Waals surface area contributed by atoms with Crippen LogP contribution in [-0.4, -0.2) is 5.21 Å². The summed E-state index contributed by atoms with van der Waals surface area (Å²) < 4.78 is 0. The van der Waals surface area contributed by atoms with E-state index in [-0.39, 0.29) is 0 Å². The summed E-state index contributed by atoms with van der Waals surface area (Å²) >= 11 is 0. The highest BCUT2D eigenvalue weighted by Crippen LogP contribution is 2.29. The maximum absolute atomic E-state index is 8.95. The first kappa shape index (κ1) is 5.37. The molecule has 2 rings (SSSR count). The third kappa shape index (κ3) is 0.593. The number of anilines is 1. The van der Waals surface area contributed by atoms with E-state index >= 15 is 0 Å². The van der Waals surface area contributed by atoms with Gasteiger partial charge in [-0.3, -0.25) is 0 Å². The third-order valence-corrected chi connectivity index (χ3v) is 1.33. The van der Waals surface area contributed by atoms with E-state index in [0.29, 0.717) is 11.4 Å². The van der Waals surface area contributed by atoms with Crippen LogP contribution in [0.5, 0.6) is 0 Å². The zero-order valence-electron chi connectivity index (χ0n) is 5.10. The van der Waals surface area contributed by atoms with E-state index in [1.807, 2.05) is 12.1 Å². The van der Waals surface area contributed by atoms with E-state index < -0.39 is 0 Å². The van der Waals surface area contributed by atoms with Crippen LogP contribution in [0, 0.1) is 0 Å². The van der Waals surface area contributed by atoms with Crippen molar-refractivity contribution in [2.45, 2.75) is 0 Å². The summed E-state index contributed by atoms with van der Waals surface area (Å²) in [5.74, 6) is 0. The highest BCUT2D eigenvalue weighted by atomic mass is 16.5. The lowest BCUT2D eigenvalue weighted by molar-refractivity contribution is 0.238. The quantitative estimate of drug-likeness (QED) is 0.581. The molecule has 1 heterocycles. The average molecular weight is 135 g/mol. The van der Waals surface area contributed by atoms with Crippen LogP contribution in [0.4, 0.5) is 11.4 Å². The number of rotatable bonds is 0. The lowest BCUT2D eigenvalue weighted by Gasteiger charge is -1.90. The van der Waals surface area contributed by atoms with E-state index in [0.717, 1.165) is 5.17 Å². The van der Waals surface area contributed by atoms with Gasteiger partial charge < -0.3 is 0 Å². The fourth-order valence-corrected chi connectivity index (χ4v) is 0.857. The number of hydrogen-bond donors (Lipinski definition) is 1. The monoisotopic (exact) mass is 135 g/mol. The second-order valence-electron chi connectivity index (χ2n) is 1.97. The molecule has 0 fully saturated rings. The van der Waals surface area contributed by atoms with E-state index in [4.69, 9.17) is 5.21 Å². The number of para-hydroxylation sites is 1. The maximum Gasteiger partial charge on any atom is 0.362 e. The van der Waals surface area contributed by atoms with Crippen LogP contribution >= 0.6 is 0 Å². The molecule has 4 heteroatoms. The molecule has 10 heavy (non-hydrogen) atoms. The Morgan fingerprint density at radius 2 is 2.20 bits per heavy atom. The van der Waals surface area contributed by atoms with Gasteiger partial charge >= 0.3 is 5.22 Å². The van der Waals surface area contributed by atoms with Gasteiger partial charge in [-0.05, 0) is 12.1 Å². The Kier molecular flexibility index (Phi) is 0.956. The first-order valence-corrected chi connectivity index (χ1v) is 2.87. The number of hydrogen-bond acceptors (Lipinski definition) is 4. The molecule has 0 atom stereocenters. The van der Waals surface area contributed by atoms with Gasteiger partial charge in [0.05, 0.1) is 5.17 Å². The Morgan fingerprint density at radius 3 is 3.00 bits per heavy atom. The molecule has 0 bridgehead atoms. The fraction of sp³-hybridized carbons (Fsp3) is 0. The second-order valence-corrected chi connectivity index (χ2v) is 1.97. The minimum Gasteiger partial charge on any atom is -0.229 e. The normalized spacial score (nSPS) is 13.9. The van der Waals surface area contributed by atoms with Crippen LogP contribution in [-0.2, 0) is 0 Å². The summed E-state index contributed by atoms with van der Waals surface area (Å²) in [5, 5.41) is 16.8. The molecule has 1 aromatic rings. The van der Waals surface area contributed by atoms with Gasteiger partial charge in [0.2, 0.25) is 0 Å². The maximum atomic E-state index is 8.95. The van der Waals surface area contributed by atoms with E-state index in [9.17, 15) is 0 Å². The van der Waals surface area contributed by atoms with Crippen molar-refractivity contribution in [3.05, 3.63) is 24.3 Å². The smallest absolute Gasteiger partial charge is 0.229 e.